The number of pyridine rings is 1. The van der Waals surface area contributed by atoms with Crippen molar-refractivity contribution < 1.29 is 9.59 Å². The largest absolute Gasteiger partial charge is 0.370 e. The second kappa shape index (κ2) is 5.79. The Hall–Kier alpha value is -1.95. The second-order valence-corrected chi connectivity index (χ2v) is 4.75. The van der Waals surface area contributed by atoms with Crippen LogP contribution >= 0.6 is 0 Å². The highest BCUT2D eigenvalue weighted by Gasteiger charge is 2.32. The number of amides is 2. The molecule has 6 nitrogen and oxygen atoms in total. The lowest BCUT2D eigenvalue weighted by molar-refractivity contribution is -0.135. The molecule has 1 aromatic heterocycles. The molecule has 2 atom stereocenters. The summed E-state index contributed by atoms with van der Waals surface area (Å²) in [6, 6.07) is 2.97. The SMILES string of the molecule is NC(=O)CC(N)C(=O)N1CCCC1c1ccncc1. The number of carbonyl (C=O) groups excluding carboxylic acids is 2. The van der Waals surface area contributed by atoms with Gasteiger partial charge in [0.25, 0.3) is 0 Å². The van der Waals surface area contributed by atoms with E-state index in [1.807, 2.05) is 12.1 Å². The third-order valence-electron chi connectivity index (χ3n) is 3.37. The Bertz CT molecular complexity index is 463. The fourth-order valence-electron chi connectivity index (χ4n) is 2.48. The first kappa shape index (κ1) is 13.5. The van der Waals surface area contributed by atoms with E-state index < -0.39 is 11.9 Å². The lowest BCUT2D eigenvalue weighted by atomic mass is 10.1. The summed E-state index contributed by atoms with van der Waals surface area (Å²) in [5, 5.41) is 0. The lowest BCUT2D eigenvalue weighted by Gasteiger charge is -2.27. The first-order chi connectivity index (χ1) is 9.09. The summed E-state index contributed by atoms with van der Waals surface area (Å²) in [6.07, 6.45) is 5.14. The molecule has 0 aromatic carbocycles. The Morgan fingerprint density at radius 1 is 1.42 bits per heavy atom. The van der Waals surface area contributed by atoms with Crippen molar-refractivity contribution in [2.24, 2.45) is 11.5 Å². The molecule has 0 radical (unpaired) electrons. The van der Waals surface area contributed by atoms with E-state index in [0.29, 0.717) is 6.54 Å². The maximum absolute atomic E-state index is 12.2. The molecule has 4 N–H and O–H groups in total. The van der Waals surface area contributed by atoms with Gasteiger partial charge in [-0.2, -0.15) is 0 Å². The first-order valence-corrected chi connectivity index (χ1v) is 6.34. The average Bonchev–Trinajstić information content (AvgIpc) is 2.87. The van der Waals surface area contributed by atoms with Gasteiger partial charge in [0, 0.05) is 18.9 Å². The summed E-state index contributed by atoms with van der Waals surface area (Å²) in [4.78, 5) is 28.8. The number of primary amides is 1. The minimum Gasteiger partial charge on any atom is -0.370 e. The van der Waals surface area contributed by atoms with E-state index in [-0.39, 0.29) is 18.4 Å². The highest BCUT2D eigenvalue weighted by atomic mass is 16.2. The molecule has 0 spiro atoms. The van der Waals surface area contributed by atoms with Gasteiger partial charge < -0.3 is 16.4 Å². The Morgan fingerprint density at radius 2 is 2.11 bits per heavy atom. The van der Waals surface area contributed by atoms with Crippen LogP contribution in [0.15, 0.2) is 24.5 Å². The molecule has 102 valence electrons. The highest BCUT2D eigenvalue weighted by molar-refractivity contribution is 5.88. The van der Waals surface area contributed by atoms with E-state index in [2.05, 4.69) is 4.98 Å². The van der Waals surface area contributed by atoms with E-state index in [1.54, 1.807) is 17.3 Å². The van der Waals surface area contributed by atoms with E-state index in [1.165, 1.54) is 0 Å². The fraction of sp³-hybridized carbons (Fsp3) is 0.462. The Kier molecular flexibility index (Phi) is 4.11. The maximum atomic E-state index is 12.2. The maximum Gasteiger partial charge on any atom is 0.240 e. The Morgan fingerprint density at radius 3 is 2.74 bits per heavy atom. The van der Waals surface area contributed by atoms with Gasteiger partial charge in [-0.25, -0.2) is 0 Å². The van der Waals surface area contributed by atoms with Gasteiger partial charge in [-0.1, -0.05) is 0 Å². The van der Waals surface area contributed by atoms with Crippen LogP contribution in [-0.4, -0.2) is 34.3 Å². The monoisotopic (exact) mass is 262 g/mol. The number of carbonyl (C=O) groups is 2. The topological polar surface area (TPSA) is 102 Å². The molecule has 0 bridgehead atoms. The van der Waals surface area contributed by atoms with E-state index in [4.69, 9.17) is 11.5 Å². The Balaban J connectivity index is 2.11. The zero-order valence-corrected chi connectivity index (χ0v) is 10.7. The van der Waals surface area contributed by atoms with Crippen molar-refractivity contribution >= 4 is 11.8 Å². The third-order valence-corrected chi connectivity index (χ3v) is 3.37. The van der Waals surface area contributed by atoms with Crippen molar-refractivity contribution in [3.8, 4) is 0 Å². The molecule has 2 unspecified atom stereocenters. The zero-order chi connectivity index (χ0) is 13.8. The van der Waals surface area contributed by atoms with Crippen LogP contribution in [-0.2, 0) is 9.59 Å². The molecule has 1 fully saturated rings. The minimum atomic E-state index is -0.847. The van der Waals surface area contributed by atoms with Crippen molar-refractivity contribution in [1.29, 1.82) is 0 Å². The highest BCUT2D eigenvalue weighted by Crippen LogP contribution is 2.31. The molecule has 1 aliphatic rings. The van der Waals surface area contributed by atoms with Crippen LogP contribution in [0.2, 0.25) is 0 Å². The van der Waals surface area contributed by atoms with Crippen LogP contribution in [0.4, 0.5) is 0 Å². The van der Waals surface area contributed by atoms with Gasteiger partial charge in [-0.05, 0) is 30.5 Å². The summed E-state index contributed by atoms with van der Waals surface area (Å²) in [5.74, 6) is -0.765. The molecule has 2 heterocycles. The third kappa shape index (κ3) is 3.08. The normalized spacial score (nSPS) is 20.3. The molecule has 0 saturated carbocycles. The summed E-state index contributed by atoms with van der Waals surface area (Å²) in [6.45, 7) is 0.665. The van der Waals surface area contributed by atoms with Crippen LogP contribution in [0.1, 0.15) is 30.9 Å². The molecule has 1 saturated heterocycles. The van der Waals surface area contributed by atoms with Crippen molar-refractivity contribution in [2.45, 2.75) is 31.3 Å². The molecular formula is C13H18N4O2. The van der Waals surface area contributed by atoms with E-state index in [0.717, 1.165) is 18.4 Å². The predicted octanol–water partition coefficient (Wildman–Crippen LogP) is -0.0522. The number of aromatic nitrogens is 1. The Labute approximate surface area is 111 Å². The van der Waals surface area contributed by atoms with Crippen molar-refractivity contribution in [2.75, 3.05) is 6.54 Å². The van der Waals surface area contributed by atoms with Crippen LogP contribution in [0.5, 0.6) is 0 Å². The lowest BCUT2D eigenvalue weighted by Crippen LogP contribution is -2.45. The summed E-state index contributed by atoms with van der Waals surface area (Å²) in [5.41, 5.74) is 11.9. The number of hydrogen-bond donors (Lipinski definition) is 2. The van der Waals surface area contributed by atoms with Gasteiger partial charge in [0.15, 0.2) is 0 Å². The zero-order valence-electron chi connectivity index (χ0n) is 10.7. The molecule has 19 heavy (non-hydrogen) atoms. The smallest absolute Gasteiger partial charge is 0.240 e. The van der Waals surface area contributed by atoms with Crippen molar-refractivity contribution in [3.63, 3.8) is 0 Å². The molecule has 0 aliphatic carbocycles. The van der Waals surface area contributed by atoms with Crippen LogP contribution in [0, 0.1) is 0 Å². The second-order valence-electron chi connectivity index (χ2n) is 4.75. The van der Waals surface area contributed by atoms with E-state index >= 15 is 0 Å². The molecule has 2 amide bonds. The van der Waals surface area contributed by atoms with Gasteiger partial charge in [0.2, 0.25) is 11.8 Å². The van der Waals surface area contributed by atoms with Gasteiger partial charge in [-0.15, -0.1) is 0 Å². The summed E-state index contributed by atoms with van der Waals surface area (Å²) in [7, 11) is 0. The fourth-order valence-corrected chi connectivity index (χ4v) is 2.48. The van der Waals surface area contributed by atoms with Gasteiger partial charge in [0.05, 0.1) is 18.5 Å². The van der Waals surface area contributed by atoms with Crippen molar-refractivity contribution in [3.05, 3.63) is 30.1 Å². The number of likely N-dealkylation sites (tertiary alicyclic amines) is 1. The molecular weight excluding hydrogens is 244 g/mol. The number of rotatable bonds is 4. The van der Waals surface area contributed by atoms with Crippen LogP contribution in [0.25, 0.3) is 0 Å². The van der Waals surface area contributed by atoms with Gasteiger partial charge >= 0.3 is 0 Å². The number of nitrogens with zero attached hydrogens (tertiary/aromatic N) is 2. The van der Waals surface area contributed by atoms with Crippen LogP contribution < -0.4 is 11.5 Å². The van der Waals surface area contributed by atoms with Gasteiger partial charge in [-0.3, -0.25) is 14.6 Å². The van der Waals surface area contributed by atoms with Crippen LogP contribution in [0.3, 0.4) is 0 Å². The molecule has 6 heteroatoms. The molecule has 1 aliphatic heterocycles. The van der Waals surface area contributed by atoms with Gasteiger partial charge in [0.1, 0.15) is 0 Å². The molecule has 2 rings (SSSR count). The van der Waals surface area contributed by atoms with E-state index in [9.17, 15) is 9.59 Å². The average molecular weight is 262 g/mol. The first-order valence-electron chi connectivity index (χ1n) is 6.34. The molecule has 1 aromatic rings. The predicted molar refractivity (Wildman–Crippen MR) is 69.7 cm³/mol. The standard InChI is InChI=1S/C13H18N4O2/c14-10(8-12(15)18)13(19)17-7-1-2-11(17)9-3-5-16-6-4-9/h3-6,10-11H,1-2,7-8,14H2,(H2,15,18). The summed E-state index contributed by atoms with van der Waals surface area (Å²) >= 11 is 0. The summed E-state index contributed by atoms with van der Waals surface area (Å²) < 4.78 is 0. The minimum absolute atomic E-state index is 0.0226. The van der Waals surface area contributed by atoms with Crippen molar-refractivity contribution in [1.82, 2.24) is 9.88 Å². The number of nitrogens with two attached hydrogens (primary N) is 2. The number of hydrogen-bond acceptors (Lipinski definition) is 4. The quantitative estimate of drug-likeness (QED) is 0.794.